The van der Waals surface area contributed by atoms with Gasteiger partial charge in [0.15, 0.2) is 11.5 Å². The molecule has 45 heavy (non-hydrogen) atoms. The summed E-state index contributed by atoms with van der Waals surface area (Å²) in [5.74, 6) is -1.01. The van der Waals surface area contributed by atoms with Crippen LogP contribution in [-0.4, -0.2) is 17.7 Å². The van der Waals surface area contributed by atoms with E-state index in [1.54, 1.807) is 36.4 Å². The summed E-state index contributed by atoms with van der Waals surface area (Å²) in [6.45, 7) is 0.551. The first-order chi connectivity index (χ1) is 22.0. The molecular weight excluding hydrogens is 571 g/mol. The molecule has 0 radical (unpaired) electrons. The number of carboxylic acid groups (broad SMARTS) is 1. The summed E-state index contributed by atoms with van der Waals surface area (Å²) in [6.07, 6.45) is 1.60. The Morgan fingerprint density at radius 2 is 1.16 bits per heavy atom. The molecule has 1 heterocycles. The average molecular weight is 603 g/mol. The van der Waals surface area contributed by atoms with Crippen molar-refractivity contribution in [2.75, 3.05) is 6.61 Å². The van der Waals surface area contributed by atoms with Gasteiger partial charge in [-0.25, -0.2) is 9.18 Å². The maximum atomic E-state index is 15.1. The van der Waals surface area contributed by atoms with Crippen molar-refractivity contribution in [3.8, 4) is 17.2 Å². The third-order valence-corrected chi connectivity index (χ3v) is 7.56. The zero-order valence-electron chi connectivity index (χ0n) is 24.4. The SMILES string of the molecule is O=C(O)C1(c2cc(OCc3ccccc3)c(OCc3ccccc3)c(OCc3ccccc3)c2)OCC=C1c1ccccc1F. The van der Waals surface area contributed by atoms with Crippen LogP contribution in [0.1, 0.15) is 27.8 Å². The van der Waals surface area contributed by atoms with Crippen LogP contribution < -0.4 is 14.2 Å². The molecule has 0 aromatic heterocycles. The van der Waals surface area contributed by atoms with Crippen LogP contribution in [0.2, 0.25) is 0 Å². The van der Waals surface area contributed by atoms with Gasteiger partial charge in [0.1, 0.15) is 25.6 Å². The molecule has 7 heteroatoms. The number of carboxylic acids is 1. The van der Waals surface area contributed by atoms with Crippen molar-refractivity contribution < 1.29 is 33.2 Å². The number of carbonyl (C=O) groups is 1. The lowest BCUT2D eigenvalue weighted by Crippen LogP contribution is -2.37. The van der Waals surface area contributed by atoms with Gasteiger partial charge in [-0.3, -0.25) is 0 Å². The fourth-order valence-electron chi connectivity index (χ4n) is 5.33. The molecule has 5 aromatic rings. The third kappa shape index (κ3) is 6.44. The zero-order chi connectivity index (χ0) is 31.1. The molecule has 0 aliphatic carbocycles. The summed E-state index contributed by atoms with van der Waals surface area (Å²) in [5, 5.41) is 10.8. The molecule has 6 nitrogen and oxygen atoms in total. The number of rotatable bonds is 12. The number of hydrogen-bond acceptors (Lipinski definition) is 5. The lowest BCUT2D eigenvalue weighted by molar-refractivity contribution is -0.156. The van der Waals surface area contributed by atoms with Crippen molar-refractivity contribution >= 4 is 11.5 Å². The molecule has 0 bridgehead atoms. The Bertz CT molecular complexity index is 1730. The second-order valence-corrected chi connectivity index (χ2v) is 10.5. The van der Waals surface area contributed by atoms with Gasteiger partial charge in [0.2, 0.25) is 11.4 Å². The highest BCUT2D eigenvalue weighted by atomic mass is 19.1. The maximum Gasteiger partial charge on any atom is 0.345 e. The zero-order valence-corrected chi connectivity index (χ0v) is 24.4. The smallest absolute Gasteiger partial charge is 0.345 e. The molecule has 5 aromatic carbocycles. The van der Waals surface area contributed by atoms with Crippen LogP contribution in [-0.2, 0) is 35.0 Å². The van der Waals surface area contributed by atoms with Crippen molar-refractivity contribution in [2.24, 2.45) is 0 Å². The van der Waals surface area contributed by atoms with Gasteiger partial charge in [0, 0.05) is 16.7 Å². The Kier molecular flexibility index (Phi) is 8.89. The highest BCUT2D eigenvalue weighted by Gasteiger charge is 2.50. The second kappa shape index (κ2) is 13.5. The Hall–Kier alpha value is -5.40. The molecule has 0 spiro atoms. The second-order valence-electron chi connectivity index (χ2n) is 10.5. The Labute approximate surface area is 260 Å². The van der Waals surface area contributed by atoms with E-state index in [4.69, 9.17) is 18.9 Å². The molecular formula is C38H31FO6. The van der Waals surface area contributed by atoms with E-state index in [0.717, 1.165) is 16.7 Å². The Morgan fingerprint density at radius 1 is 0.689 bits per heavy atom. The van der Waals surface area contributed by atoms with Crippen molar-refractivity contribution in [1.29, 1.82) is 0 Å². The molecule has 226 valence electrons. The van der Waals surface area contributed by atoms with Gasteiger partial charge in [-0.05, 0) is 34.9 Å². The first-order valence-corrected chi connectivity index (χ1v) is 14.6. The lowest BCUT2D eigenvalue weighted by Gasteiger charge is -2.30. The van der Waals surface area contributed by atoms with E-state index in [1.807, 2.05) is 91.0 Å². The molecule has 0 saturated carbocycles. The number of ether oxygens (including phenoxy) is 4. The van der Waals surface area contributed by atoms with Gasteiger partial charge in [0.25, 0.3) is 0 Å². The topological polar surface area (TPSA) is 74.2 Å². The molecule has 1 unspecified atom stereocenters. The normalized spacial score (nSPS) is 15.7. The van der Waals surface area contributed by atoms with Crippen molar-refractivity contribution in [3.63, 3.8) is 0 Å². The molecule has 6 rings (SSSR count). The van der Waals surface area contributed by atoms with Crippen molar-refractivity contribution in [2.45, 2.75) is 25.4 Å². The van der Waals surface area contributed by atoms with Crippen LogP contribution in [0.4, 0.5) is 4.39 Å². The predicted octanol–water partition coefficient (Wildman–Crippen LogP) is 7.96. The summed E-state index contributed by atoms with van der Waals surface area (Å²) in [5.41, 5.74) is 1.24. The van der Waals surface area contributed by atoms with E-state index in [9.17, 15) is 9.90 Å². The van der Waals surface area contributed by atoms with E-state index in [-0.39, 0.29) is 54.6 Å². The third-order valence-electron chi connectivity index (χ3n) is 7.56. The Balaban J connectivity index is 1.48. The van der Waals surface area contributed by atoms with Crippen LogP contribution in [0.25, 0.3) is 5.57 Å². The average Bonchev–Trinajstić information content (AvgIpc) is 3.53. The summed E-state index contributed by atoms with van der Waals surface area (Å²) in [7, 11) is 0. The van der Waals surface area contributed by atoms with Crippen LogP contribution in [0, 0.1) is 5.82 Å². The fraction of sp³-hybridized carbons (Fsp3) is 0.132. The van der Waals surface area contributed by atoms with Gasteiger partial charge in [-0.15, -0.1) is 0 Å². The van der Waals surface area contributed by atoms with Gasteiger partial charge in [-0.2, -0.15) is 0 Å². The lowest BCUT2D eigenvalue weighted by atomic mass is 9.82. The molecule has 0 saturated heterocycles. The van der Waals surface area contributed by atoms with Crippen LogP contribution in [0.15, 0.2) is 133 Å². The predicted molar refractivity (Wildman–Crippen MR) is 168 cm³/mol. The molecule has 0 amide bonds. The summed E-state index contributed by atoms with van der Waals surface area (Å²) >= 11 is 0. The van der Waals surface area contributed by atoms with E-state index in [1.165, 1.54) is 6.07 Å². The number of halogens is 1. The van der Waals surface area contributed by atoms with Crippen LogP contribution in [0.3, 0.4) is 0 Å². The Morgan fingerprint density at radius 3 is 1.64 bits per heavy atom. The molecule has 0 fully saturated rings. The first kappa shape index (κ1) is 29.7. The minimum Gasteiger partial charge on any atom is -0.485 e. The number of hydrogen-bond donors (Lipinski definition) is 1. The minimum atomic E-state index is -2.03. The summed E-state index contributed by atoms with van der Waals surface area (Å²) in [4.78, 5) is 13.2. The fourth-order valence-corrected chi connectivity index (χ4v) is 5.33. The van der Waals surface area contributed by atoms with E-state index in [2.05, 4.69) is 0 Å². The minimum absolute atomic E-state index is 0.0252. The van der Waals surface area contributed by atoms with Gasteiger partial charge < -0.3 is 24.1 Å². The summed E-state index contributed by atoms with van der Waals surface area (Å²) in [6, 6.07) is 38.1. The maximum absolute atomic E-state index is 15.1. The van der Waals surface area contributed by atoms with Crippen molar-refractivity contribution in [1.82, 2.24) is 0 Å². The summed E-state index contributed by atoms with van der Waals surface area (Å²) < 4.78 is 40.2. The quantitative estimate of drug-likeness (QED) is 0.156. The number of benzene rings is 5. The van der Waals surface area contributed by atoms with Crippen molar-refractivity contribution in [3.05, 3.63) is 167 Å². The first-order valence-electron chi connectivity index (χ1n) is 14.6. The molecule has 1 atom stereocenters. The van der Waals surface area contributed by atoms with E-state index >= 15 is 4.39 Å². The molecule has 1 N–H and O–H groups in total. The molecule has 1 aliphatic heterocycles. The van der Waals surface area contributed by atoms with Crippen LogP contribution >= 0.6 is 0 Å². The number of aliphatic carboxylic acids is 1. The van der Waals surface area contributed by atoms with Gasteiger partial charge >= 0.3 is 5.97 Å². The van der Waals surface area contributed by atoms with Gasteiger partial charge in [0.05, 0.1) is 6.61 Å². The van der Waals surface area contributed by atoms with E-state index in [0.29, 0.717) is 5.75 Å². The van der Waals surface area contributed by atoms with Crippen LogP contribution in [0.5, 0.6) is 17.2 Å². The monoisotopic (exact) mass is 602 g/mol. The standard InChI is InChI=1S/C38H31FO6/c39-33-19-11-10-18-31(33)32-20-21-45-38(32,37(40)41)30-22-34(42-24-27-12-4-1-5-13-27)36(44-26-29-16-8-3-9-17-29)35(23-30)43-25-28-14-6-2-7-15-28/h1-20,22-23H,21,24-26H2,(H,40,41). The molecule has 1 aliphatic rings. The highest BCUT2D eigenvalue weighted by Crippen LogP contribution is 2.49. The highest BCUT2D eigenvalue weighted by molar-refractivity contribution is 5.98. The van der Waals surface area contributed by atoms with E-state index < -0.39 is 17.4 Å². The van der Waals surface area contributed by atoms with Gasteiger partial charge in [-0.1, -0.05) is 115 Å². The largest absolute Gasteiger partial charge is 0.485 e.